The molecule has 0 unspecified atom stereocenters. The molecule has 7 heteroatoms. The quantitative estimate of drug-likeness (QED) is 0.586. The van der Waals surface area contributed by atoms with Crippen LogP contribution in [0.4, 0.5) is 0 Å². The number of methoxy groups -OCH3 is 1. The van der Waals surface area contributed by atoms with Crippen LogP contribution in [0.3, 0.4) is 0 Å². The molecule has 1 aliphatic heterocycles. The summed E-state index contributed by atoms with van der Waals surface area (Å²) in [5, 5.41) is 39.0. The van der Waals surface area contributed by atoms with E-state index >= 15 is 0 Å². The SMILES string of the molecule is COc1ccc(Cc2ccccc2O[C@@H]2S[C@H](CO)[C@@H](O)[C@H](O)[C@H]2O)cc1. The van der Waals surface area contributed by atoms with Crippen molar-refractivity contribution in [2.75, 3.05) is 13.7 Å². The van der Waals surface area contributed by atoms with Crippen molar-refractivity contribution in [1.29, 1.82) is 0 Å². The minimum absolute atomic E-state index is 0.316. The summed E-state index contributed by atoms with van der Waals surface area (Å²) in [6.07, 6.45) is -3.21. The molecule has 5 atom stereocenters. The third kappa shape index (κ3) is 4.56. The molecule has 27 heavy (non-hydrogen) atoms. The van der Waals surface area contributed by atoms with Gasteiger partial charge in [0.05, 0.1) is 25.1 Å². The Balaban J connectivity index is 1.77. The molecule has 0 aromatic heterocycles. The molecule has 6 nitrogen and oxygen atoms in total. The molecule has 0 radical (unpaired) electrons. The third-order valence-corrected chi connectivity index (χ3v) is 6.04. The Morgan fingerprint density at radius 2 is 1.63 bits per heavy atom. The van der Waals surface area contributed by atoms with Crippen LogP contribution in [0.15, 0.2) is 48.5 Å². The fraction of sp³-hybridized carbons (Fsp3) is 0.400. The average Bonchev–Trinajstić information content (AvgIpc) is 2.70. The van der Waals surface area contributed by atoms with Gasteiger partial charge in [-0.25, -0.2) is 0 Å². The van der Waals surface area contributed by atoms with Crippen LogP contribution < -0.4 is 9.47 Å². The van der Waals surface area contributed by atoms with Gasteiger partial charge in [-0.15, -0.1) is 11.8 Å². The molecular weight excluding hydrogens is 368 g/mol. The smallest absolute Gasteiger partial charge is 0.173 e. The van der Waals surface area contributed by atoms with Gasteiger partial charge in [0.15, 0.2) is 5.44 Å². The van der Waals surface area contributed by atoms with Crippen LogP contribution in [-0.4, -0.2) is 63.1 Å². The number of para-hydroxylation sites is 1. The molecule has 1 aliphatic rings. The van der Waals surface area contributed by atoms with Crippen molar-refractivity contribution in [2.45, 2.75) is 35.4 Å². The van der Waals surface area contributed by atoms with Crippen LogP contribution in [0.25, 0.3) is 0 Å². The van der Waals surface area contributed by atoms with Gasteiger partial charge in [0.2, 0.25) is 0 Å². The molecule has 0 bridgehead atoms. The van der Waals surface area contributed by atoms with Crippen molar-refractivity contribution in [2.24, 2.45) is 0 Å². The molecular formula is C20H24O6S. The molecule has 1 heterocycles. The predicted molar refractivity (Wildman–Crippen MR) is 103 cm³/mol. The van der Waals surface area contributed by atoms with E-state index < -0.39 is 29.0 Å². The van der Waals surface area contributed by atoms with Crippen molar-refractivity contribution < 1.29 is 29.9 Å². The number of thioether (sulfide) groups is 1. The molecule has 1 fully saturated rings. The first-order chi connectivity index (χ1) is 13.0. The van der Waals surface area contributed by atoms with E-state index in [2.05, 4.69) is 0 Å². The van der Waals surface area contributed by atoms with Gasteiger partial charge in [-0.2, -0.15) is 0 Å². The Kier molecular flexibility index (Phi) is 6.62. The maximum atomic E-state index is 10.3. The van der Waals surface area contributed by atoms with Crippen molar-refractivity contribution in [1.82, 2.24) is 0 Å². The largest absolute Gasteiger partial charge is 0.497 e. The number of hydrogen-bond donors (Lipinski definition) is 4. The minimum atomic E-state index is -1.37. The first kappa shape index (κ1) is 20.0. The zero-order valence-corrected chi connectivity index (χ0v) is 15.7. The van der Waals surface area contributed by atoms with Crippen molar-refractivity contribution in [3.63, 3.8) is 0 Å². The van der Waals surface area contributed by atoms with Crippen LogP contribution in [-0.2, 0) is 6.42 Å². The second-order valence-electron chi connectivity index (χ2n) is 6.45. The summed E-state index contributed by atoms with van der Waals surface area (Å²) < 4.78 is 11.1. The molecule has 0 aliphatic carbocycles. The Hall–Kier alpha value is -1.77. The topological polar surface area (TPSA) is 99.4 Å². The molecule has 3 rings (SSSR count). The van der Waals surface area contributed by atoms with Crippen LogP contribution >= 0.6 is 11.8 Å². The Labute approximate surface area is 162 Å². The third-order valence-electron chi connectivity index (χ3n) is 4.62. The van der Waals surface area contributed by atoms with E-state index in [4.69, 9.17) is 9.47 Å². The maximum absolute atomic E-state index is 10.3. The second kappa shape index (κ2) is 8.95. The Bertz CT molecular complexity index is 736. The summed E-state index contributed by atoms with van der Waals surface area (Å²) in [6.45, 7) is -0.316. The lowest BCUT2D eigenvalue weighted by atomic mass is 10.0. The Morgan fingerprint density at radius 3 is 2.30 bits per heavy atom. The Morgan fingerprint density at radius 1 is 0.926 bits per heavy atom. The molecule has 4 N–H and O–H groups in total. The van der Waals surface area contributed by atoms with E-state index in [0.29, 0.717) is 12.2 Å². The fourth-order valence-electron chi connectivity index (χ4n) is 3.02. The lowest BCUT2D eigenvalue weighted by Gasteiger charge is -2.39. The summed E-state index contributed by atoms with van der Waals surface area (Å²) in [6, 6.07) is 15.2. The lowest BCUT2D eigenvalue weighted by molar-refractivity contribution is -0.0910. The number of ether oxygens (including phenoxy) is 2. The average molecular weight is 392 g/mol. The number of aliphatic hydroxyl groups is 4. The van der Waals surface area contributed by atoms with Crippen molar-refractivity contribution in [3.8, 4) is 11.5 Å². The molecule has 2 aromatic carbocycles. The van der Waals surface area contributed by atoms with Gasteiger partial charge >= 0.3 is 0 Å². The van der Waals surface area contributed by atoms with Gasteiger partial charge < -0.3 is 29.9 Å². The van der Waals surface area contributed by atoms with Gasteiger partial charge in [0, 0.05) is 6.42 Å². The summed E-state index contributed by atoms with van der Waals surface area (Å²) >= 11 is 1.12. The lowest BCUT2D eigenvalue weighted by Crippen LogP contribution is -2.55. The molecule has 1 saturated heterocycles. The first-order valence-corrected chi connectivity index (χ1v) is 9.65. The van der Waals surface area contributed by atoms with E-state index in [-0.39, 0.29) is 6.61 Å². The van der Waals surface area contributed by atoms with Crippen LogP contribution in [0.5, 0.6) is 11.5 Å². The number of aliphatic hydroxyl groups excluding tert-OH is 4. The van der Waals surface area contributed by atoms with E-state index in [1.54, 1.807) is 13.2 Å². The van der Waals surface area contributed by atoms with Crippen molar-refractivity contribution >= 4 is 11.8 Å². The highest BCUT2D eigenvalue weighted by atomic mass is 32.2. The van der Waals surface area contributed by atoms with Crippen LogP contribution in [0.2, 0.25) is 0 Å². The monoisotopic (exact) mass is 392 g/mol. The van der Waals surface area contributed by atoms with E-state index in [1.165, 1.54) is 0 Å². The van der Waals surface area contributed by atoms with E-state index in [0.717, 1.165) is 28.6 Å². The summed E-state index contributed by atoms with van der Waals surface area (Å²) in [4.78, 5) is 0. The highest BCUT2D eigenvalue weighted by Gasteiger charge is 2.44. The van der Waals surface area contributed by atoms with Gasteiger partial charge in [-0.1, -0.05) is 30.3 Å². The molecule has 0 saturated carbocycles. The summed E-state index contributed by atoms with van der Waals surface area (Å²) in [7, 11) is 1.62. The van der Waals surface area contributed by atoms with Gasteiger partial charge in [0.25, 0.3) is 0 Å². The number of hydrogen-bond acceptors (Lipinski definition) is 7. The second-order valence-corrected chi connectivity index (χ2v) is 7.79. The zero-order valence-electron chi connectivity index (χ0n) is 14.9. The minimum Gasteiger partial charge on any atom is -0.497 e. The standard InChI is InChI=1S/C20H24O6S/c1-25-14-8-6-12(7-9-14)10-13-4-2-3-5-15(13)26-20-19(24)18(23)17(22)16(11-21)27-20/h2-9,16-24H,10-11H2,1H3/t16-,17-,18+,19-,20-/m1/s1. The van der Waals surface area contributed by atoms with Crippen LogP contribution in [0.1, 0.15) is 11.1 Å². The highest BCUT2D eigenvalue weighted by molar-refractivity contribution is 8.00. The molecule has 2 aromatic rings. The molecule has 0 spiro atoms. The highest BCUT2D eigenvalue weighted by Crippen LogP contribution is 2.35. The molecule has 0 amide bonds. The van der Waals surface area contributed by atoms with E-state index in [9.17, 15) is 20.4 Å². The fourth-order valence-corrected chi connectivity index (χ4v) is 4.25. The van der Waals surface area contributed by atoms with Gasteiger partial charge in [-0.3, -0.25) is 0 Å². The number of rotatable bonds is 6. The van der Waals surface area contributed by atoms with E-state index in [1.807, 2.05) is 42.5 Å². The number of benzene rings is 2. The molecule has 146 valence electrons. The van der Waals surface area contributed by atoms with Crippen molar-refractivity contribution in [3.05, 3.63) is 59.7 Å². The zero-order chi connectivity index (χ0) is 19.4. The first-order valence-electron chi connectivity index (χ1n) is 8.71. The summed E-state index contributed by atoms with van der Waals surface area (Å²) in [5.74, 6) is 1.37. The normalized spacial score (nSPS) is 28.0. The maximum Gasteiger partial charge on any atom is 0.173 e. The summed E-state index contributed by atoms with van der Waals surface area (Å²) in [5.41, 5.74) is 1.21. The van der Waals surface area contributed by atoms with Crippen LogP contribution in [0, 0.1) is 0 Å². The van der Waals surface area contributed by atoms with Gasteiger partial charge in [-0.05, 0) is 29.3 Å². The predicted octanol–water partition coefficient (Wildman–Crippen LogP) is 1.18. The van der Waals surface area contributed by atoms with Gasteiger partial charge in [0.1, 0.15) is 23.7 Å².